The Labute approximate surface area is 160 Å². The van der Waals surface area contributed by atoms with Crippen molar-refractivity contribution in [2.45, 2.75) is 19.9 Å². The SMILES string of the molecule is CCC(=O)c1cccc(-c2cn(CCN3CCOCC3)c3ccccc23)c1. The first-order valence-electron chi connectivity index (χ1n) is 9.78. The number of Topliss-reactive ketones (excluding diaryl/α,β-unsaturated/α-hetero) is 1. The predicted molar refractivity (Wildman–Crippen MR) is 109 cm³/mol. The lowest BCUT2D eigenvalue weighted by atomic mass is 10.00. The van der Waals surface area contributed by atoms with Gasteiger partial charge in [-0.25, -0.2) is 0 Å². The number of nitrogens with zero attached hydrogens (tertiary/aromatic N) is 2. The molecule has 1 aliphatic heterocycles. The minimum Gasteiger partial charge on any atom is -0.379 e. The lowest BCUT2D eigenvalue weighted by Gasteiger charge is -2.26. The van der Waals surface area contributed by atoms with Gasteiger partial charge in [0.1, 0.15) is 0 Å². The molecule has 0 N–H and O–H groups in total. The number of carbonyl (C=O) groups is 1. The summed E-state index contributed by atoms with van der Waals surface area (Å²) in [7, 11) is 0. The van der Waals surface area contributed by atoms with E-state index in [1.807, 2.05) is 25.1 Å². The number of para-hydroxylation sites is 1. The molecule has 0 amide bonds. The molecule has 0 bridgehead atoms. The molecular formula is C23H26N2O2. The van der Waals surface area contributed by atoms with Gasteiger partial charge in [0, 0.05) is 60.8 Å². The first kappa shape index (κ1) is 18.0. The first-order chi connectivity index (χ1) is 13.3. The van der Waals surface area contributed by atoms with Gasteiger partial charge in [0.15, 0.2) is 5.78 Å². The number of morpholine rings is 1. The molecule has 0 spiro atoms. The van der Waals surface area contributed by atoms with Gasteiger partial charge >= 0.3 is 0 Å². The number of ketones is 1. The molecule has 2 heterocycles. The molecule has 1 fully saturated rings. The molecule has 0 saturated carbocycles. The van der Waals surface area contributed by atoms with E-state index in [9.17, 15) is 4.79 Å². The van der Waals surface area contributed by atoms with E-state index < -0.39 is 0 Å². The average molecular weight is 362 g/mol. The summed E-state index contributed by atoms with van der Waals surface area (Å²) in [4.78, 5) is 14.6. The third-order valence-corrected chi connectivity index (χ3v) is 5.37. The summed E-state index contributed by atoms with van der Waals surface area (Å²) in [5, 5.41) is 1.24. The van der Waals surface area contributed by atoms with Crippen LogP contribution in [0.15, 0.2) is 54.7 Å². The van der Waals surface area contributed by atoms with Crippen molar-refractivity contribution < 1.29 is 9.53 Å². The van der Waals surface area contributed by atoms with Crippen LogP contribution in [-0.2, 0) is 11.3 Å². The van der Waals surface area contributed by atoms with E-state index in [1.54, 1.807) is 0 Å². The Morgan fingerprint density at radius 3 is 2.67 bits per heavy atom. The van der Waals surface area contributed by atoms with Crippen LogP contribution in [0, 0.1) is 0 Å². The molecule has 0 atom stereocenters. The van der Waals surface area contributed by atoms with Crippen LogP contribution in [0.25, 0.3) is 22.0 Å². The Kier molecular flexibility index (Phi) is 5.37. The summed E-state index contributed by atoms with van der Waals surface area (Å²) in [5.41, 5.74) is 4.34. The smallest absolute Gasteiger partial charge is 0.162 e. The molecule has 0 aliphatic carbocycles. The third kappa shape index (κ3) is 3.82. The van der Waals surface area contributed by atoms with Gasteiger partial charge in [-0.1, -0.05) is 43.3 Å². The number of carbonyl (C=O) groups excluding carboxylic acids is 1. The monoisotopic (exact) mass is 362 g/mol. The van der Waals surface area contributed by atoms with E-state index in [0.717, 1.165) is 50.5 Å². The Bertz CT molecular complexity index is 938. The minimum absolute atomic E-state index is 0.188. The summed E-state index contributed by atoms with van der Waals surface area (Å²) in [5.74, 6) is 0.188. The van der Waals surface area contributed by atoms with Crippen molar-refractivity contribution in [1.29, 1.82) is 0 Å². The summed E-state index contributed by atoms with van der Waals surface area (Å²) < 4.78 is 7.79. The largest absolute Gasteiger partial charge is 0.379 e. The molecule has 4 rings (SSSR count). The van der Waals surface area contributed by atoms with Gasteiger partial charge in [0.05, 0.1) is 13.2 Å². The summed E-state index contributed by atoms with van der Waals surface area (Å²) >= 11 is 0. The van der Waals surface area contributed by atoms with Gasteiger partial charge < -0.3 is 9.30 Å². The quantitative estimate of drug-likeness (QED) is 0.616. The molecule has 4 nitrogen and oxygen atoms in total. The average Bonchev–Trinajstić information content (AvgIpc) is 3.11. The van der Waals surface area contributed by atoms with Crippen molar-refractivity contribution in [2.75, 3.05) is 32.8 Å². The lowest BCUT2D eigenvalue weighted by Crippen LogP contribution is -2.38. The molecule has 1 aromatic heterocycles. The molecule has 2 aromatic carbocycles. The molecule has 3 aromatic rings. The normalized spacial score (nSPS) is 15.3. The molecule has 0 radical (unpaired) electrons. The van der Waals surface area contributed by atoms with Crippen molar-refractivity contribution in [1.82, 2.24) is 9.47 Å². The van der Waals surface area contributed by atoms with Gasteiger partial charge in [-0.05, 0) is 17.7 Å². The molecule has 27 heavy (non-hydrogen) atoms. The molecule has 4 heteroatoms. The van der Waals surface area contributed by atoms with E-state index in [1.165, 1.54) is 16.5 Å². The first-order valence-corrected chi connectivity index (χ1v) is 9.78. The summed E-state index contributed by atoms with van der Waals surface area (Å²) in [6, 6.07) is 16.5. The van der Waals surface area contributed by atoms with E-state index in [2.05, 4.69) is 46.0 Å². The van der Waals surface area contributed by atoms with E-state index in [4.69, 9.17) is 4.74 Å². The number of rotatable bonds is 6. The Morgan fingerprint density at radius 1 is 1.04 bits per heavy atom. The summed E-state index contributed by atoms with van der Waals surface area (Å²) in [6.07, 6.45) is 2.77. The van der Waals surface area contributed by atoms with Crippen molar-refractivity contribution >= 4 is 16.7 Å². The zero-order valence-electron chi connectivity index (χ0n) is 15.9. The lowest BCUT2D eigenvalue weighted by molar-refractivity contribution is 0.0365. The second kappa shape index (κ2) is 8.07. The van der Waals surface area contributed by atoms with Crippen molar-refractivity contribution in [3.05, 3.63) is 60.3 Å². The maximum atomic E-state index is 12.1. The van der Waals surface area contributed by atoms with Crippen LogP contribution < -0.4 is 0 Å². The number of hydrogen-bond acceptors (Lipinski definition) is 3. The zero-order valence-corrected chi connectivity index (χ0v) is 15.9. The highest BCUT2D eigenvalue weighted by molar-refractivity contribution is 6.00. The van der Waals surface area contributed by atoms with E-state index in [-0.39, 0.29) is 5.78 Å². The van der Waals surface area contributed by atoms with Gasteiger partial charge in [-0.2, -0.15) is 0 Å². The molecular weight excluding hydrogens is 336 g/mol. The van der Waals surface area contributed by atoms with Crippen molar-refractivity contribution in [3.8, 4) is 11.1 Å². The fourth-order valence-electron chi connectivity index (χ4n) is 3.80. The molecule has 140 valence electrons. The Morgan fingerprint density at radius 2 is 1.85 bits per heavy atom. The number of benzene rings is 2. The fraction of sp³-hybridized carbons (Fsp3) is 0.348. The highest BCUT2D eigenvalue weighted by Gasteiger charge is 2.14. The van der Waals surface area contributed by atoms with Crippen molar-refractivity contribution in [2.24, 2.45) is 0 Å². The van der Waals surface area contributed by atoms with E-state index in [0.29, 0.717) is 6.42 Å². The highest BCUT2D eigenvalue weighted by atomic mass is 16.5. The number of aromatic nitrogens is 1. The van der Waals surface area contributed by atoms with Gasteiger partial charge in [-0.3, -0.25) is 9.69 Å². The maximum Gasteiger partial charge on any atom is 0.162 e. The number of fused-ring (bicyclic) bond motifs is 1. The highest BCUT2D eigenvalue weighted by Crippen LogP contribution is 2.31. The number of hydrogen-bond donors (Lipinski definition) is 0. The van der Waals surface area contributed by atoms with Gasteiger partial charge in [-0.15, -0.1) is 0 Å². The zero-order chi connectivity index (χ0) is 18.6. The van der Waals surface area contributed by atoms with Crippen LogP contribution in [0.5, 0.6) is 0 Å². The van der Waals surface area contributed by atoms with Crippen LogP contribution in [0.3, 0.4) is 0 Å². The Balaban J connectivity index is 1.66. The second-order valence-corrected chi connectivity index (χ2v) is 7.06. The topological polar surface area (TPSA) is 34.5 Å². The van der Waals surface area contributed by atoms with Gasteiger partial charge in [0.2, 0.25) is 0 Å². The molecule has 1 saturated heterocycles. The Hall–Kier alpha value is -2.43. The molecule has 1 aliphatic rings. The van der Waals surface area contributed by atoms with Crippen LogP contribution in [-0.4, -0.2) is 48.1 Å². The van der Waals surface area contributed by atoms with Crippen LogP contribution in [0.1, 0.15) is 23.7 Å². The second-order valence-electron chi connectivity index (χ2n) is 7.06. The van der Waals surface area contributed by atoms with Crippen LogP contribution in [0.2, 0.25) is 0 Å². The third-order valence-electron chi connectivity index (χ3n) is 5.37. The number of ether oxygens (including phenoxy) is 1. The predicted octanol–water partition coefficient (Wildman–Crippen LogP) is 4.23. The fourth-order valence-corrected chi connectivity index (χ4v) is 3.80. The minimum atomic E-state index is 0.188. The van der Waals surface area contributed by atoms with Crippen molar-refractivity contribution in [3.63, 3.8) is 0 Å². The van der Waals surface area contributed by atoms with Crippen LogP contribution >= 0.6 is 0 Å². The van der Waals surface area contributed by atoms with E-state index >= 15 is 0 Å². The molecule has 0 unspecified atom stereocenters. The standard InChI is InChI=1S/C23H26N2O2/c1-2-23(26)19-7-5-6-18(16-19)21-17-25(22-9-4-3-8-20(21)22)11-10-24-12-14-27-15-13-24/h3-9,16-17H,2,10-15H2,1H3. The summed E-state index contributed by atoms with van der Waals surface area (Å²) in [6.45, 7) is 7.56. The maximum absolute atomic E-state index is 12.1. The van der Waals surface area contributed by atoms with Gasteiger partial charge in [0.25, 0.3) is 0 Å². The van der Waals surface area contributed by atoms with Crippen LogP contribution in [0.4, 0.5) is 0 Å².